The number of nitrogens with one attached hydrogen (secondary N) is 1. The van der Waals surface area contributed by atoms with Crippen molar-refractivity contribution >= 4 is 48.6 Å². The van der Waals surface area contributed by atoms with Gasteiger partial charge in [-0.25, -0.2) is 13.1 Å². The molecule has 3 aromatic rings. The van der Waals surface area contributed by atoms with Crippen molar-refractivity contribution in [3.8, 4) is 0 Å². The van der Waals surface area contributed by atoms with Crippen molar-refractivity contribution in [2.75, 3.05) is 0 Å². The molecule has 24 heavy (non-hydrogen) atoms. The van der Waals surface area contributed by atoms with Crippen LogP contribution < -0.4 is 4.72 Å². The summed E-state index contributed by atoms with van der Waals surface area (Å²) in [7, 11) is -3.59. The van der Waals surface area contributed by atoms with Crippen LogP contribution in [0.25, 0.3) is 0 Å². The van der Waals surface area contributed by atoms with Crippen LogP contribution in [0.2, 0.25) is 0 Å². The molecule has 0 aliphatic heterocycles. The minimum absolute atomic E-state index is 0.186. The number of aliphatic hydroxyl groups is 1. The third-order valence-electron chi connectivity index (χ3n) is 3.33. The summed E-state index contributed by atoms with van der Waals surface area (Å²) in [5.41, 5.74) is 0. The molecule has 2 heterocycles. The number of hydrogen-bond acceptors (Lipinski definition) is 5. The molecule has 0 saturated heterocycles. The first kappa shape index (κ1) is 17.8. The third kappa shape index (κ3) is 3.96. The SMILES string of the molecule is O=S(=O)(NCc1ccc(C(O)c2cccs2)s1)c1ccccc1Br. The molecule has 2 N–H and O–H groups in total. The Morgan fingerprint density at radius 3 is 2.58 bits per heavy atom. The number of sulfonamides is 1. The molecule has 1 atom stereocenters. The molecule has 0 bridgehead atoms. The minimum atomic E-state index is -3.59. The number of halogens is 1. The first-order chi connectivity index (χ1) is 11.5. The van der Waals surface area contributed by atoms with Crippen LogP contribution in [-0.4, -0.2) is 13.5 Å². The fraction of sp³-hybridized carbons (Fsp3) is 0.125. The van der Waals surface area contributed by atoms with Crippen LogP contribution in [-0.2, 0) is 16.6 Å². The van der Waals surface area contributed by atoms with Gasteiger partial charge < -0.3 is 5.11 Å². The van der Waals surface area contributed by atoms with E-state index in [-0.39, 0.29) is 11.4 Å². The molecule has 1 unspecified atom stereocenters. The Labute approximate surface area is 157 Å². The highest BCUT2D eigenvalue weighted by Gasteiger charge is 2.18. The van der Waals surface area contributed by atoms with Gasteiger partial charge in [0.25, 0.3) is 0 Å². The molecule has 0 saturated carbocycles. The van der Waals surface area contributed by atoms with Gasteiger partial charge in [0.2, 0.25) is 10.0 Å². The normalized spacial score (nSPS) is 13.1. The van der Waals surface area contributed by atoms with Gasteiger partial charge in [-0.3, -0.25) is 0 Å². The Kier molecular flexibility index (Phi) is 5.53. The van der Waals surface area contributed by atoms with Gasteiger partial charge in [0.15, 0.2) is 0 Å². The summed E-state index contributed by atoms with van der Waals surface area (Å²) in [6.45, 7) is 0.186. The van der Waals surface area contributed by atoms with Crippen molar-refractivity contribution in [3.63, 3.8) is 0 Å². The molecule has 2 aromatic heterocycles. The van der Waals surface area contributed by atoms with Gasteiger partial charge >= 0.3 is 0 Å². The molecule has 4 nitrogen and oxygen atoms in total. The van der Waals surface area contributed by atoms with Crippen molar-refractivity contribution in [1.29, 1.82) is 0 Å². The summed E-state index contributed by atoms with van der Waals surface area (Å²) in [6, 6.07) is 14.1. The van der Waals surface area contributed by atoms with E-state index in [1.165, 1.54) is 22.7 Å². The van der Waals surface area contributed by atoms with Crippen molar-refractivity contribution in [3.05, 3.63) is 73.0 Å². The van der Waals surface area contributed by atoms with Gasteiger partial charge in [0.05, 0.1) is 4.90 Å². The van der Waals surface area contributed by atoms with Gasteiger partial charge in [-0.05, 0) is 51.6 Å². The van der Waals surface area contributed by atoms with Gasteiger partial charge in [-0.2, -0.15) is 0 Å². The van der Waals surface area contributed by atoms with Gasteiger partial charge in [-0.1, -0.05) is 18.2 Å². The largest absolute Gasteiger partial charge is 0.382 e. The van der Waals surface area contributed by atoms with Gasteiger partial charge in [-0.15, -0.1) is 22.7 Å². The molecule has 0 amide bonds. The average molecular weight is 444 g/mol. The summed E-state index contributed by atoms with van der Waals surface area (Å²) in [5, 5.41) is 12.2. The number of thiophene rings is 2. The summed E-state index contributed by atoms with van der Waals surface area (Å²) < 4.78 is 27.9. The molecule has 0 fully saturated rings. The Balaban J connectivity index is 1.71. The average Bonchev–Trinajstić information content (AvgIpc) is 3.24. The summed E-state index contributed by atoms with van der Waals surface area (Å²) in [6.07, 6.45) is -0.663. The quantitative estimate of drug-likeness (QED) is 0.601. The van der Waals surface area contributed by atoms with E-state index in [0.717, 1.165) is 14.6 Å². The zero-order valence-corrected chi connectivity index (χ0v) is 16.4. The van der Waals surface area contributed by atoms with Crippen molar-refractivity contribution in [1.82, 2.24) is 4.72 Å². The molecular weight excluding hydrogens is 430 g/mol. The van der Waals surface area contributed by atoms with E-state index in [1.807, 2.05) is 29.6 Å². The second-order valence-corrected chi connectivity index (χ2v) is 9.75. The molecule has 8 heteroatoms. The highest BCUT2D eigenvalue weighted by atomic mass is 79.9. The Bertz CT molecular complexity index is 920. The smallest absolute Gasteiger partial charge is 0.242 e. The zero-order valence-electron chi connectivity index (χ0n) is 12.3. The van der Waals surface area contributed by atoms with E-state index in [0.29, 0.717) is 4.47 Å². The predicted octanol–water partition coefficient (Wildman–Crippen LogP) is 4.13. The van der Waals surface area contributed by atoms with Crippen LogP contribution >= 0.6 is 38.6 Å². The van der Waals surface area contributed by atoms with E-state index in [2.05, 4.69) is 20.7 Å². The zero-order chi connectivity index (χ0) is 17.2. The molecule has 3 rings (SSSR count). The lowest BCUT2D eigenvalue weighted by molar-refractivity contribution is 0.228. The molecular formula is C16H14BrNO3S3. The molecule has 0 radical (unpaired) electrons. The number of rotatable bonds is 6. The second kappa shape index (κ2) is 7.47. The lowest BCUT2D eigenvalue weighted by atomic mass is 10.2. The van der Waals surface area contributed by atoms with Crippen molar-refractivity contribution < 1.29 is 13.5 Å². The molecule has 1 aromatic carbocycles. The van der Waals surface area contributed by atoms with E-state index in [9.17, 15) is 13.5 Å². The van der Waals surface area contributed by atoms with Crippen LogP contribution in [0.5, 0.6) is 0 Å². The van der Waals surface area contributed by atoms with Crippen LogP contribution in [0, 0.1) is 0 Å². The summed E-state index contributed by atoms with van der Waals surface area (Å²) in [5.74, 6) is 0. The maximum absolute atomic E-state index is 12.4. The Morgan fingerprint density at radius 1 is 1.08 bits per heavy atom. The number of benzene rings is 1. The second-order valence-electron chi connectivity index (χ2n) is 4.98. The predicted molar refractivity (Wildman–Crippen MR) is 101 cm³/mol. The van der Waals surface area contributed by atoms with E-state index in [1.54, 1.807) is 24.3 Å². The maximum Gasteiger partial charge on any atom is 0.242 e. The Hall–Kier alpha value is -1.03. The lowest BCUT2D eigenvalue weighted by Gasteiger charge is -2.07. The lowest BCUT2D eigenvalue weighted by Crippen LogP contribution is -2.23. The first-order valence-corrected chi connectivity index (χ1v) is 11.0. The standard InChI is InChI=1S/C16H14BrNO3S3/c17-12-4-1-2-6-15(12)24(20,21)18-10-11-7-8-14(23-11)16(19)13-5-3-9-22-13/h1-9,16,18-19H,10H2. The highest BCUT2D eigenvalue weighted by molar-refractivity contribution is 9.10. The molecule has 126 valence electrons. The van der Waals surface area contributed by atoms with Gasteiger partial charge in [0.1, 0.15) is 6.10 Å². The minimum Gasteiger partial charge on any atom is -0.382 e. The molecule has 0 aliphatic rings. The molecule has 0 spiro atoms. The van der Waals surface area contributed by atoms with Crippen molar-refractivity contribution in [2.45, 2.75) is 17.5 Å². The topological polar surface area (TPSA) is 66.4 Å². The van der Waals surface area contributed by atoms with Crippen molar-refractivity contribution in [2.24, 2.45) is 0 Å². The van der Waals surface area contributed by atoms with Crippen LogP contribution in [0.1, 0.15) is 20.7 Å². The maximum atomic E-state index is 12.4. The summed E-state index contributed by atoms with van der Waals surface area (Å²) in [4.78, 5) is 2.72. The Morgan fingerprint density at radius 2 is 1.88 bits per heavy atom. The molecule has 0 aliphatic carbocycles. The van der Waals surface area contributed by atoms with E-state index < -0.39 is 16.1 Å². The van der Waals surface area contributed by atoms with E-state index in [4.69, 9.17) is 0 Å². The fourth-order valence-electron chi connectivity index (χ4n) is 2.13. The van der Waals surface area contributed by atoms with Crippen LogP contribution in [0.3, 0.4) is 0 Å². The number of hydrogen-bond donors (Lipinski definition) is 2. The van der Waals surface area contributed by atoms with Crippen LogP contribution in [0.4, 0.5) is 0 Å². The van der Waals surface area contributed by atoms with Gasteiger partial charge in [0, 0.05) is 25.6 Å². The third-order valence-corrected chi connectivity index (χ3v) is 7.80. The van der Waals surface area contributed by atoms with Crippen LogP contribution in [0.15, 0.2) is 63.3 Å². The fourth-order valence-corrected chi connectivity index (χ4v) is 5.99. The highest BCUT2D eigenvalue weighted by Crippen LogP contribution is 2.31. The monoisotopic (exact) mass is 443 g/mol. The number of aliphatic hydroxyl groups excluding tert-OH is 1. The summed E-state index contributed by atoms with van der Waals surface area (Å²) >= 11 is 6.14. The first-order valence-electron chi connectivity index (χ1n) is 7.01. The van der Waals surface area contributed by atoms with E-state index >= 15 is 0 Å².